The number of hydrogen-bond donors (Lipinski definition) is 1. The second-order valence-corrected chi connectivity index (χ2v) is 9.26. The number of nitrogens with zero attached hydrogens (tertiary/aromatic N) is 3. The lowest BCUT2D eigenvalue weighted by molar-refractivity contribution is -0.115. The summed E-state index contributed by atoms with van der Waals surface area (Å²) in [6.07, 6.45) is 7.39. The summed E-state index contributed by atoms with van der Waals surface area (Å²) in [7, 11) is 1.55. The van der Waals surface area contributed by atoms with Gasteiger partial charge in [0, 0.05) is 11.7 Å². The molecule has 1 aliphatic carbocycles. The molecule has 1 aromatic carbocycles. The van der Waals surface area contributed by atoms with E-state index in [9.17, 15) is 4.79 Å². The summed E-state index contributed by atoms with van der Waals surface area (Å²) in [4.78, 5) is 12.8. The fourth-order valence-corrected chi connectivity index (χ4v) is 4.98. The Morgan fingerprint density at radius 2 is 2.10 bits per heavy atom. The second kappa shape index (κ2) is 9.78. The molecule has 0 saturated heterocycles. The number of thioether (sulfide) groups is 1. The van der Waals surface area contributed by atoms with E-state index in [4.69, 9.17) is 20.8 Å². The van der Waals surface area contributed by atoms with Crippen molar-refractivity contribution < 1.29 is 13.9 Å². The molecule has 0 radical (unpaired) electrons. The van der Waals surface area contributed by atoms with E-state index < -0.39 is 0 Å². The summed E-state index contributed by atoms with van der Waals surface area (Å²) in [6.45, 7) is 1.86. The summed E-state index contributed by atoms with van der Waals surface area (Å²) in [5.41, 5.74) is 0.619. The van der Waals surface area contributed by atoms with Gasteiger partial charge in [-0.15, -0.1) is 10.2 Å². The zero-order chi connectivity index (χ0) is 21.8. The maximum absolute atomic E-state index is 12.8. The van der Waals surface area contributed by atoms with E-state index in [2.05, 4.69) is 20.1 Å². The van der Waals surface area contributed by atoms with Crippen LogP contribution in [0.4, 0.5) is 5.69 Å². The maximum atomic E-state index is 12.8. The Morgan fingerprint density at radius 1 is 1.29 bits per heavy atom. The van der Waals surface area contributed by atoms with Crippen LogP contribution < -0.4 is 10.1 Å². The van der Waals surface area contributed by atoms with Crippen molar-refractivity contribution in [3.05, 3.63) is 41.6 Å². The van der Waals surface area contributed by atoms with Gasteiger partial charge < -0.3 is 14.5 Å². The molecular weight excluding hydrogens is 436 g/mol. The van der Waals surface area contributed by atoms with Crippen molar-refractivity contribution in [2.24, 2.45) is 0 Å². The van der Waals surface area contributed by atoms with E-state index in [-0.39, 0.29) is 11.2 Å². The molecule has 2 heterocycles. The third-order valence-electron chi connectivity index (χ3n) is 5.42. The van der Waals surface area contributed by atoms with Crippen LogP contribution in [0.25, 0.3) is 11.6 Å². The van der Waals surface area contributed by atoms with E-state index in [0.717, 1.165) is 18.0 Å². The SMILES string of the molecule is COc1ccc(NC(=O)C(C)Sc2nnc(-c3ccco3)n2C2CCCCC2)cc1Cl. The van der Waals surface area contributed by atoms with Crippen LogP contribution in [0.1, 0.15) is 45.1 Å². The number of furan rings is 1. The highest BCUT2D eigenvalue weighted by Gasteiger charge is 2.27. The molecule has 31 heavy (non-hydrogen) atoms. The Balaban J connectivity index is 1.52. The minimum absolute atomic E-state index is 0.135. The Morgan fingerprint density at radius 3 is 2.77 bits per heavy atom. The number of benzene rings is 1. The van der Waals surface area contributed by atoms with Crippen molar-refractivity contribution in [1.82, 2.24) is 14.8 Å². The van der Waals surface area contributed by atoms with Crippen LogP contribution in [0.2, 0.25) is 5.02 Å². The first kappa shape index (κ1) is 21.8. The molecule has 0 bridgehead atoms. The zero-order valence-electron chi connectivity index (χ0n) is 17.5. The summed E-state index contributed by atoms with van der Waals surface area (Å²) < 4.78 is 12.9. The maximum Gasteiger partial charge on any atom is 0.237 e. The predicted octanol–water partition coefficient (Wildman–Crippen LogP) is 5.82. The Labute approximate surface area is 190 Å². The number of nitrogens with one attached hydrogen (secondary N) is 1. The lowest BCUT2D eigenvalue weighted by atomic mass is 9.95. The summed E-state index contributed by atoms with van der Waals surface area (Å²) in [5, 5.41) is 12.5. The van der Waals surface area contributed by atoms with Crippen molar-refractivity contribution in [2.45, 2.75) is 55.5 Å². The molecule has 4 rings (SSSR count). The number of methoxy groups -OCH3 is 1. The van der Waals surface area contributed by atoms with E-state index >= 15 is 0 Å². The van der Waals surface area contributed by atoms with Gasteiger partial charge in [-0.25, -0.2) is 0 Å². The lowest BCUT2D eigenvalue weighted by Crippen LogP contribution is -2.23. The van der Waals surface area contributed by atoms with E-state index in [1.54, 1.807) is 31.6 Å². The number of aromatic nitrogens is 3. The average Bonchev–Trinajstić information content (AvgIpc) is 3.44. The van der Waals surface area contributed by atoms with Gasteiger partial charge in [-0.2, -0.15) is 0 Å². The number of anilines is 1. The Kier molecular flexibility index (Phi) is 6.87. The van der Waals surface area contributed by atoms with Crippen LogP contribution in [0.3, 0.4) is 0 Å². The van der Waals surface area contributed by atoms with Crippen LogP contribution in [0.15, 0.2) is 46.2 Å². The molecule has 1 aliphatic rings. The third kappa shape index (κ3) is 4.91. The van der Waals surface area contributed by atoms with Crippen molar-refractivity contribution >= 4 is 35.0 Å². The van der Waals surface area contributed by atoms with Gasteiger partial charge in [0.15, 0.2) is 10.9 Å². The molecule has 1 atom stereocenters. The predicted molar refractivity (Wildman–Crippen MR) is 122 cm³/mol. The number of rotatable bonds is 7. The molecule has 164 valence electrons. The topological polar surface area (TPSA) is 82.2 Å². The van der Waals surface area contributed by atoms with Gasteiger partial charge in [-0.3, -0.25) is 9.36 Å². The molecule has 1 N–H and O–H groups in total. The number of hydrogen-bond acceptors (Lipinski definition) is 6. The first-order chi connectivity index (χ1) is 15.1. The number of amides is 1. The molecule has 1 fully saturated rings. The van der Waals surface area contributed by atoms with Crippen LogP contribution in [-0.2, 0) is 4.79 Å². The molecule has 0 spiro atoms. The summed E-state index contributed by atoms with van der Waals surface area (Å²) in [6, 6.07) is 9.21. The van der Waals surface area contributed by atoms with Crippen molar-refractivity contribution in [3.63, 3.8) is 0 Å². The fourth-order valence-electron chi connectivity index (χ4n) is 3.80. The van der Waals surface area contributed by atoms with E-state index in [0.29, 0.717) is 34.1 Å². The fraction of sp³-hybridized carbons (Fsp3) is 0.409. The molecule has 1 amide bonds. The first-order valence-corrected chi connectivity index (χ1v) is 11.6. The number of carbonyl (C=O) groups excluding carboxylic acids is 1. The monoisotopic (exact) mass is 460 g/mol. The highest BCUT2D eigenvalue weighted by Crippen LogP contribution is 2.37. The molecule has 1 saturated carbocycles. The lowest BCUT2D eigenvalue weighted by Gasteiger charge is -2.25. The van der Waals surface area contributed by atoms with Gasteiger partial charge >= 0.3 is 0 Å². The first-order valence-electron chi connectivity index (χ1n) is 10.4. The van der Waals surface area contributed by atoms with Gasteiger partial charge in [0.1, 0.15) is 5.75 Å². The van der Waals surface area contributed by atoms with E-state index in [1.807, 2.05) is 19.1 Å². The Hall–Kier alpha value is -2.45. The molecular formula is C22H25ClN4O3S. The van der Waals surface area contributed by atoms with Gasteiger partial charge in [-0.1, -0.05) is 42.6 Å². The zero-order valence-corrected chi connectivity index (χ0v) is 19.1. The van der Waals surface area contributed by atoms with Crippen molar-refractivity contribution in [3.8, 4) is 17.3 Å². The molecule has 0 aliphatic heterocycles. The highest BCUT2D eigenvalue weighted by molar-refractivity contribution is 8.00. The highest BCUT2D eigenvalue weighted by atomic mass is 35.5. The molecule has 7 nitrogen and oxygen atoms in total. The van der Waals surface area contributed by atoms with Gasteiger partial charge in [0.25, 0.3) is 0 Å². The van der Waals surface area contributed by atoms with Crippen LogP contribution in [-0.4, -0.2) is 33.0 Å². The normalized spacial score (nSPS) is 15.6. The minimum atomic E-state index is -0.378. The standard InChI is InChI=1S/C22H25ClN4O3S/c1-14(21(28)24-15-10-11-18(29-2)17(23)13-15)31-22-26-25-20(19-9-6-12-30-19)27(22)16-7-4-3-5-8-16/h6,9-14,16H,3-5,7-8H2,1-2H3,(H,24,28). The van der Waals surface area contributed by atoms with Gasteiger partial charge in [0.05, 0.1) is 23.6 Å². The van der Waals surface area contributed by atoms with Crippen molar-refractivity contribution in [1.29, 1.82) is 0 Å². The Bertz CT molecular complexity index is 1030. The number of carbonyl (C=O) groups is 1. The third-order valence-corrected chi connectivity index (χ3v) is 6.77. The number of ether oxygens (including phenoxy) is 1. The van der Waals surface area contributed by atoms with Crippen LogP contribution in [0, 0.1) is 0 Å². The van der Waals surface area contributed by atoms with E-state index in [1.165, 1.54) is 31.0 Å². The molecule has 9 heteroatoms. The quantitative estimate of drug-likeness (QED) is 0.447. The summed E-state index contributed by atoms with van der Waals surface area (Å²) in [5.74, 6) is 1.83. The smallest absolute Gasteiger partial charge is 0.237 e. The van der Waals surface area contributed by atoms with Gasteiger partial charge in [0.2, 0.25) is 11.7 Å². The average molecular weight is 461 g/mol. The molecule has 3 aromatic rings. The molecule has 2 aromatic heterocycles. The number of halogens is 1. The minimum Gasteiger partial charge on any atom is -0.495 e. The van der Waals surface area contributed by atoms with Gasteiger partial charge in [-0.05, 0) is 50.1 Å². The van der Waals surface area contributed by atoms with Crippen molar-refractivity contribution in [2.75, 3.05) is 12.4 Å². The molecule has 1 unspecified atom stereocenters. The van der Waals surface area contributed by atoms with Crippen LogP contribution >= 0.6 is 23.4 Å². The largest absolute Gasteiger partial charge is 0.495 e. The van der Waals surface area contributed by atoms with Crippen LogP contribution in [0.5, 0.6) is 5.75 Å². The summed E-state index contributed by atoms with van der Waals surface area (Å²) >= 11 is 7.57. The second-order valence-electron chi connectivity index (χ2n) is 7.54.